The molecule has 1 amide bonds. The normalized spacial score (nSPS) is 12.4. The number of methoxy groups -OCH3 is 3. The molecule has 9 nitrogen and oxygen atoms in total. The van der Waals surface area contributed by atoms with E-state index in [-0.39, 0.29) is 23.7 Å². The number of rotatable bonds is 5. The lowest BCUT2D eigenvalue weighted by molar-refractivity contribution is 0.0600. The standard InChI is InChI=1S/C17H20N4O5.ClH/c1-24-13-7-9(17(23)26-3)6-12(15(13)25-2)19-16(22)14-10-8-18-5-4-11(10)20-21-14;/h6-7,18H,4-5,8H2,1-3H3,(H,19,22)(H,20,21);1H. The van der Waals surface area contributed by atoms with Crippen LogP contribution in [0.15, 0.2) is 12.1 Å². The quantitative estimate of drug-likeness (QED) is 0.656. The number of H-pyrrole nitrogens is 1. The van der Waals surface area contributed by atoms with E-state index in [1.165, 1.54) is 33.5 Å². The van der Waals surface area contributed by atoms with Crippen molar-refractivity contribution in [2.24, 2.45) is 0 Å². The van der Waals surface area contributed by atoms with Gasteiger partial charge in [-0.15, -0.1) is 12.4 Å². The number of aromatic nitrogens is 2. The number of hydrogen-bond acceptors (Lipinski definition) is 7. The average Bonchev–Trinajstić information content (AvgIpc) is 3.10. The lowest BCUT2D eigenvalue weighted by Crippen LogP contribution is -2.25. The van der Waals surface area contributed by atoms with E-state index < -0.39 is 11.9 Å². The van der Waals surface area contributed by atoms with Gasteiger partial charge in [-0.3, -0.25) is 9.89 Å². The van der Waals surface area contributed by atoms with Gasteiger partial charge in [-0.2, -0.15) is 5.10 Å². The van der Waals surface area contributed by atoms with E-state index in [1.54, 1.807) is 0 Å². The van der Waals surface area contributed by atoms with Gasteiger partial charge in [0.1, 0.15) is 0 Å². The summed E-state index contributed by atoms with van der Waals surface area (Å²) in [6.07, 6.45) is 0.782. The fraction of sp³-hybridized carbons (Fsp3) is 0.353. The van der Waals surface area contributed by atoms with E-state index in [1.807, 2.05) is 0 Å². The molecule has 0 aliphatic carbocycles. The summed E-state index contributed by atoms with van der Waals surface area (Å²) in [6.45, 7) is 1.40. The lowest BCUT2D eigenvalue weighted by Gasteiger charge is -2.16. The Hall–Kier alpha value is -2.78. The predicted octanol–water partition coefficient (Wildman–Crippen LogP) is 1.53. The van der Waals surface area contributed by atoms with Crippen LogP contribution in [0.4, 0.5) is 5.69 Å². The molecule has 2 aromatic rings. The fourth-order valence-corrected chi connectivity index (χ4v) is 2.89. The van der Waals surface area contributed by atoms with Crippen molar-refractivity contribution < 1.29 is 23.8 Å². The van der Waals surface area contributed by atoms with Crippen molar-refractivity contribution in [3.8, 4) is 11.5 Å². The van der Waals surface area contributed by atoms with Crippen molar-refractivity contribution in [3.63, 3.8) is 0 Å². The second-order valence-corrected chi connectivity index (χ2v) is 5.66. The molecule has 0 atom stereocenters. The Bertz CT molecular complexity index is 852. The van der Waals surface area contributed by atoms with Gasteiger partial charge in [-0.25, -0.2) is 4.79 Å². The van der Waals surface area contributed by atoms with Crippen molar-refractivity contribution in [2.75, 3.05) is 33.2 Å². The van der Waals surface area contributed by atoms with E-state index in [2.05, 4.69) is 20.8 Å². The van der Waals surface area contributed by atoms with E-state index in [9.17, 15) is 9.59 Å². The van der Waals surface area contributed by atoms with E-state index in [4.69, 9.17) is 14.2 Å². The second-order valence-electron chi connectivity index (χ2n) is 5.66. The summed E-state index contributed by atoms with van der Waals surface area (Å²) < 4.78 is 15.3. The third kappa shape index (κ3) is 3.99. The maximum atomic E-state index is 12.7. The Morgan fingerprint density at radius 3 is 2.63 bits per heavy atom. The Balaban J connectivity index is 0.00000261. The molecule has 3 rings (SSSR count). The van der Waals surface area contributed by atoms with Gasteiger partial charge in [0.25, 0.3) is 5.91 Å². The zero-order valence-corrected chi connectivity index (χ0v) is 16.0. The summed E-state index contributed by atoms with van der Waals surface area (Å²) >= 11 is 0. The summed E-state index contributed by atoms with van der Waals surface area (Å²) in [4.78, 5) is 24.6. The fourth-order valence-electron chi connectivity index (χ4n) is 2.89. The number of amides is 1. The highest BCUT2D eigenvalue weighted by Gasteiger charge is 2.24. The van der Waals surface area contributed by atoms with Crippen molar-refractivity contribution >= 4 is 30.0 Å². The number of esters is 1. The summed E-state index contributed by atoms with van der Waals surface area (Å²) in [5.74, 6) is -0.358. The molecule has 10 heteroatoms. The second kappa shape index (κ2) is 8.74. The first-order chi connectivity index (χ1) is 12.6. The number of anilines is 1. The highest BCUT2D eigenvalue weighted by atomic mass is 35.5. The Kier molecular flexibility index (Phi) is 6.65. The van der Waals surface area contributed by atoms with E-state index in [0.717, 1.165) is 24.2 Å². The largest absolute Gasteiger partial charge is 0.493 e. The number of hydrogen-bond donors (Lipinski definition) is 3. The first-order valence-corrected chi connectivity index (χ1v) is 8.01. The molecule has 27 heavy (non-hydrogen) atoms. The Morgan fingerprint density at radius 1 is 1.19 bits per heavy atom. The molecule has 1 aromatic carbocycles. The first-order valence-electron chi connectivity index (χ1n) is 8.01. The number of nitrogens with zero attached hydrogens (tertiary/aromatic N) is 1. The van der Waals surface area contributed by atoms with Crippen LogP contribution in [0.25, 0.3) is 0 Å². The highest BCUT2D eigenvalue weighted by Crippen LogP contribution is 2.37. The number of fused-ring (bicyclic) bond motifs is 1. The number of benzene rings is 1. The minimum Gasteiger partial charge on any atom is -0.493 e. The summed E-state index contributed by atoms with van der Waals surface area (Å²) in [7, 11) is 4.17. The number of carbonyl (C=O) groups is 2. The molecule has 2 heterocycles. The molecule has 0 saturated heterocycles. The zero-order valence-electron chi connectivity index (χ0n) is 15.2. The van der Waals surface area contributed by atoms with Crippen LogP contribution in [0.5, 0.6) is 11.5 Å². The maximum Gasteiger partial charge on any atom is 0.338 e. The molecule has 146 valence electrons. The smallest absolute Gasteiger partial charge is 0.338 e. The van der Waals surface area contributed by atoms with Gasteiger partial charge in [-0.1, -0.05) is 0 Å². The number of carbonyl (C=O) groups excluding carboxylic acids is 2. The molecule has 0 fully saturated rings. The van der Waals surface area contributed by atoms with Gasteiger partial charge in [0.2, 0.25) is 0 Å². The van der Waals surface area contributed by atoms with Crippen molar-refractivity contribution in [1.82, 2.24) is 15.5 Å². The van der Waals surface area contributed by atoms with Crippen LogP contribution in [0.1, 0.15) is 32.1 Å². The number of ether oxygens (including phenoxy) is 3. The van der Waals surface area contributed by atoms with E-state index in [0.29, 0.717) is 23.7 Å². The molecule has 0 bridgehead atoms. The van der Waals surface area contributed by atoms with Gasteiger partial charge in [-0.05, 0) is 12.1 Å². The lowest BCUT2D eigenvalue weighted by atomic mass is 10.1. The van der Waals surface area contributed by atoms with Gasteiger partial charge in [0.15, 0.2) is 17.2 Å². The van der Waals surface area contributed by atoms with Crippen LogP contribution in [0.2, 0.25) is 0 Å². The van der Waals surface area contributed by atoms with Gasteiger partial charge < -0.3 is 24.8 Å². The van der Waals surface area contributed by atoms with Crippen LogP contribution >= 0.6 is 12.4 Å². The van der Waals surface area contributed by atoms with Crippen LogP contribution in [-0.2, 0) is 17.7 Å². The molecule has 0 radical (unpaired) electrons. The Morgan fingerprint density at radius 2 is 1.96 bits per heavy atom. The summed E-state index contributed by atoms with van der Waals surface area (Å²) in [5, 5.41) is 13.0. The first kappa shape index (κ1) is 20.5. The molecule has 1 aliphatic rings. The molecule has 1 aliphatic heterocycles. The summed E-state index contributed by atoms with van der Waals surface area (Å²) in [5.41, 5.74) is 2.60. The number of halogens is 1. The SMILES string of the molecule is COC(=O)c1cc(NC(=O)c2n[nH]c3c2CNCC3)c(OC)c(OC)c1.Cl. The zero-order chi connectivity index (χ0) is 18.7. The minimum atomic E-state index is -0.553. The highest BCUT2D eigenvalue weighted by molar-refractivity contribution is 6.06. The van der Waals surface area contributed by atoms with Crippen molar-refractivity contribution in [3.05, 3.63) is 34.6 Å². The number of aromatic amines is 1. The van der Waals surface area contributed by atoms with Crippen LogP contribution in [-0.4, -0.2) is 49.9 Å². The topological polar surface area (TPSA) is 115 Å². The third-order valence-corrected chi connectivity index (χ3v) is 4.17. The molecular weight excluding hydrogens is 376 g/mol. The molecule has 1 aromatic heterocycles. The van der Waals surface area contributed by atoms with Crippen LogP contribution < -0.4 is 20.1 Å². The van der Waals surface area contributed by atoms with Crippen LogP contribution in [0.3, 0.4) is 0 Å². The number of nitrogens with one attached hydrogen (secondary N) is 3. The molecule has 0 unspecified atom stereocenters. The van der Waals surface area contributed by atoms with Crippen LogP contribution in [0, 0.1) is 0 Å². The molecule has 0 spiro atoms. The van der Waals surface area contributed by atoms with Crippen molar-refractivity contribution in [1.29, 1.82) is 0 Å². The minimum absolute atomic E-state index is 0. The molecule has 3 N–H and O–H groups in total. The summed E-state index contributed by atoms with van der Waals surface area (Å²) in [6, 6.07) is 2.96. The monoisotopic (exact) mass is 396 g/mol. The molecule has 0 saturated carbocycles. The van der Waals surface area contributed by atoms with Gasteiger partial charge >= 0.3 is 5.97 Å². The molecular formula is C17H21ClN4O5. The Labute approximate surface area is 162 Å². The predicted molar refractivity (Wildman–Crippen MR) is 100 cm³/mol. The average molecular weight is 397 g/mol. The maximum absolute atomic E-state index is 12.7. The van der Waals surface area contributed by atoms with Crippen molar-refractivity contribution in [2.45, 2.75) is 13.0 Å². The van der Waals surface area contributed by atoms with Gasteiger partial charge in [0.05, 0.1) is 32.6 Å². The van der Waals surface area contributed by atoms with Gasteiger partial charge in [0, 0.05) is 30.8 Å². The third-order valence-electron chi connectivity index (χ3n) is 4.17. The van der Waals surface area contributed by atoms with E-state index >= 15 is 0 Å².